The van der Waals surface area contributed by atoms with Crippen LogP contribution in [-0.2, 0) is 6.61 Å². The molecule has 1 aliphatic heterocycles. The number of imidazole rings is 1. The van der Waals surface area contributed by atoms with E-state index < -0.39 is 0 Å². The van der Waals surface area contributed by atoms with Gasteiger partial charge in [-0.25, -0.2) is 4.98 Å². The number of carbonyl (C=O) groups excluding carboxylic acids is 1. The summed E-state index contributed by atoms with van der Waals surface area (Å²) in [5.74, 6) is 0.755. The van der Waals surface area contributed by atoms with E-state index in [2.05, 4.69) is 10.3 Å². The molecule has 1 N–H and O–H groups in total. The molecule has 27 heavy (non-hydrogen) atoms. The molecule has 0 spiro atoms. The van der Waals surface area contributed by atoms with E-state index in [1.807, 2.05) is 71.2 Å². The largest absolute Gasteiger partial charge is 0.487 e. The summed E-state index contributed by atoms with van der Waals surface area (Å²) in [6, 6.07) is 13.8. The Hall–Kier alpha value is -2.86. The summed E-state index contributed by atoms with van der Waals surface area (Å²) in [6.07, 6.45) is 5.90. The summed E-state index contributed by atoms with van der Waals surface area (Å²) in [5.41, 5.74) is 2.42. The van der Waals surface area contributed by atoms with Gasteiger partial charge in [0.15, 0.2) is 0 Å². The highest BCUT2D eigenvalue weighted by Gasteiger charge is 2.22. The Kier molecular flexibility index (Phi) is 5.07. The van der Waals surface area contributed by atoms with Crippen LogP contribution < -0.4 is 10.1 Å². The Morgan fingerprint density at radius 2 is 2.07 bits per heavy atom. The molecule has 1 fully saturated rings. The number of fused-ring (bicyclic) bond motifs is 1. The molecular weight excluding hydrogens is 340 g/mol. The lowest BCUT2D eigenvalue weighted by Gasteiger charge is -2.31. The zero-order valence-corrected chi connectivity index (χ0v) is 15.5. The molecule has 0 radical (unpaired) electrons. The van der Waals surface area contributed by atoms with Gasteiger partial charge in [-0.2, -0.15) is 0 Å². The van der Waals surface area contributed by atoms with Crippen LogP contribution in [0.2, 0.25) is 0 Å². The highest BCUT2D eigenvalue weighted by molar-refractivity contribution is 5.94. The fourth-order valence-electron chi connectivity index (χ4n) is 3.49. The van der Waals surface area contributed by atoms with Gasteiger partial charge in [-0.1, -0.05) is 12.1 Å². The first-order valence-electron chi connectivity index (χ1n) is 9.35. The first kappa shape index (κ1) is 17.5. The van der Waals surface area contributed by atoms with Crippen LogP contribution in [0, 0.1) is 0 Å². The lowest BCUT2D eigenvalue weighted by molar-refractivity contribution is 0.0707. The number of carbonyl (C=O) groups is 1. The average Bonchev–Trinajstić information content (AvgIpc) is 3.15. The number of pyridine rings is 1. The highest BCUT2D eigenvalue weighted by atomic mass is 16.5. The molecule has 0 bridgehead atoms. The average molecular weight is 364 g/mol. The number of aromatic nitrogens is 2. The Morgan fingerprint density at radius 3 is 2.85 bits per heavy atom. The second-order valence-electron chi connectivity index (χ2n) is 6.87. The molecule has 1 aromatic carbocycles. The normalized spacial score (nSPS) is 15.2. The summed E-state index contributed by atoms with van der Waals surface area (Å²) in [5, 5.41) is 3.29. The van der Waals surface area contributed by atoms with Crippen molar-refractivity contribution in [2.24, 2.45) is 0 Å². The molecule has 0 saturated carbocycles. The number of benzene rings is 1. The zero-order valence-electron chi connectivity index (χ0n) is 15.5. The third kappa shape index (κ3) is 3.95. The number of rotatable bonds is 5. The topological polar surface area (TPSA) is 58.9 Å². The molecule has 3 heterocycles. The van der Waals surface area contributed by atoms with E-state index in [4.69, 9.17) is 4.74 Å². The molecule has 1 amide bonds. The second kappa shape index (κ2) is 7.80. The van der Waals surface area contributed by atoms with E-state index in [-0.39, 0.29) is 5.91 Å². The molecule has 2 aromatic heterocycles. The van der Waals surface area contributed by atoms with Crippen molar-refractivity contribution in [3.8, 4) is 5.75 Å². The third-order valence-electron chi connectivity index (χ3n) is 5.07. The minimum Gasteiger partial charge on any atom is -0.487 e. The molecule has 4 rings (SSSR count). The summed E-state index contributed by atoms with van der Waals surface area (Å²) < 4.78 is 7.84. The smallest absolute Gasteiger partial charge is 0.253 e. The quantitative estimate of drug-likeness (QED) is 0.756. The molecule has 140 valence electrons. The standard InChI is InChI=1S/C21H24N4O2/c1-22-17-8-11-24(12-9-17)21(26)16-5-4-6-19(13-16)27-15-18-14-25-10-3-2-7-20(25)23-18/h2-7,10,13-14,17,22H,8-9,11-12,15H2,1H3. The number of nitrogens with zero attached hydrogens (tertiary/aromatic N) is 3. The van der Waals surface area contributed by atoms with E-state index in [0.717, 1.165) is 37.3 Å². The van der Waals surface area contributed by atoms with Crippen LogP contribution in [0.15, 0.2) is 54.9 Å². The number of piperidine rings is 1. The molecular formula is C21H24N4O2. The van der Waals surface area contributed by atoms with E-state index in [1.54, 1.807) is 0 Å². The highest BCUT2D eigenvalue weighted by Crippen LogP contribution is 2.19. The van der Waals surface area contributed by atoms with Gasteiger partial charge in [-0.3, -0.25) is 4.79 Å². The van der Waals surface area contributed by atoms with Crippen LogP contribution in [0.3, 0.4) is 0 Å². The number of nitrogens with one attached hydrogen (secondary N) is 1. The maximum absolute atomic E-state index is 12.8. The van der Waals surface area contributed by atoms with Gasteiger partial charge in [0.05, 0.1) is 5.69 Å². The number of ether oxygens (including phenoxy) is 1. The van der Waals surface area contributed by atoms with Crippen molar-refractivity contribution in [3.63, 3.8) is 0 Å². The first-order valence-corrected chi connectivity index (χ1v) is 9.35. The fraction of sp³-hybridized carbons (Fsp3) is 0.333. The van der Waals surface area contributed by atoms with Crippen molar-refractivity contribution in [3.05, 3.63) is 66.1 Å². The minimum absolute atomic E-state index is 0.0720. The molecule has 3 aromatic rings. The zero-order chi connectivity index (χ0) is 18.6. The number of hydrogen-bond acceptors (Lipinski definition) is 4. The summed E-state index contributed by atoms with van der Waals surface area (Å²) in [7, 11) is 1.98. The number of likely N-dealkylation sites (tertiary alicyclic amines) is 1. The fourth-order valence-corrected chi connectivity index (χ4v) is 3.49. The molecule has 6 nitrogen and oxygen atoms in total. The SMILES string of the molecule is CNC1CCN(C(=O)c2cccc(OCc3cn4ccccc4n3)c2)CC1. The van der Waals surface area contributed by atoms with Crippen LogP contribution >= 0.6 is 0 Å². The number of hydrogen-bond donors (Lipinski definition) is 1. The minimum atomic E-state index is 0.0720. The molecule has 6 heteroatoms. The predicted octanol–water partition coefficient (Wildman–Crippen LogP) is 2.74. The Morgan fingerprint density at radius 1 is 1.22 bits per heavy atom. The van der Waals surface area contributed by atoms with Crippen LogP contribution in [0.1, 0.15) is 28.9 Å². The molecule has 1 saturated heterocycles. The lowest BCUT2D eigenvalue weighted by Crippen LogP contribution is -2.43. The Bertz CT molecular complexity index is 896. The monoisotopic (exact) mass is 364 g/mol. The van der Waals surface area contributed by atoms with Gasteiger partial charge >= 0.3 is 0 Å². The first-order chi connectivity index (χ1) is 13.2. The van der Waals surface area contributed by atoms with Crippen molar-refractivity contribution in [2.75, 3.05) is 20.1 Å². The molecule has 0 atom stereocenters. The van der Waals surface area contributed by atoms with E-state index in [0.29, 0.717) is 24.0 Å². The van der Waals surface area contributed by atoms with Crippen LogP contribution in [0.25, 0.3) is 5.65 Å². The van der Waals surface area contributed by atoms with Gasteiger partial charge in [0.1, 0.15) is 18.0 Å². The van der Waals surface area contributed by atoms with Crippen molar-refractivity contribution >= 4 is 11.6 Å². The van der Waals surface area contributed by atoms with Crippen molar-refractivity contribution in [1.29, 1.82) is 0 Å². The third-order valence-corrected chi connectivity index (χ3v) is 5.07. The molecule has 0 unspecified atom stereocenters. The predicted molar refractivity (Wildman–Crippen MR) is 104 cm³/mol. The van der Waals surface area contributed by atoms with Crippen LogP contribution in [-0.4, -0.2) is 46.4 Å². The Labute approximate surface area is 158 Å². The number of amides is 1. The molecule has 0 aliphatic carbocycles. The Balaban J connectivity index is 1.40. The van der Waals surface area contributed by atoms with Gasteiger partial charge in [-0.15, -0.1) is 0 Å². The van der Waals surface area contributed by atoms with E-state index >= 15 is 0 Å². The van der Waals surface area contributed by atoms with Gasteiger partial charge in [0, 0.05) is 37.1 Å². The van der Waals surface area contributed by atoms with Gasteiger partial charge in [0.25, 0.3) is 5.91 Å². The maximum Gasteiger partial charge on any atom is 0.253 e. The van der Waals surface area contributed by atoms with Gasteiger partial charge in [-0.05, 0) is 50.2 Å². The van der Waals surface area contributed by atoms with E-state index in [1.165, 1.54) is 0 Å². The van der Waals surface area contributed by atoms with Crippen molar-refractivity contribution in [1.82, 2.24) is 19.6 Å². The van der Waals surface area contributed by atoms with Crippen molar-refractivity contribution in [2.45, 2.75) is 25.5 Å². The second-order valence-corrected chi connectivity index (χ2v) is 6.87. The molecule has 1 aliphatic rings. The van der Waals surface area contributed by atoms with E-state index in [9.17, 15) is 4.79 Å². The van der Waals surface area contributed by atoms with Crippen LogP contribution in [0.4, 0.5) is 0 Å². The summed E-state index contributed by atoms with van der Waals surface area (Å²) >= 11 is 0. The van der Waals surface area contributed by atoms with Gasteiger partial charge in [0.2, 0.25) is 0 Å². The van der Waals surface area contributed by atoms with Crippen LogP contribution in [0.5, 0.6) is 5.75 Å². The van der Waals surface area contributed by atoms with Gasteiger partial charge < -0.3 is 19.4 Å². The summed E-state index contributed by atoms with van der Waals surface area (Å²) in [6.45, 7) is 1.94. The lowest BCUT2D eigenvalue weighted by atomic mass is 10.0. The summed E-state index contributed by atoms with van der Waals surface area (Å²) in [4.78, 5) is 19.2. The van der Waals surface area contributed by atoms with Crippen molar-refractivity contribution < 1.29 is 9.53 Å². The maximum atomic E-state index is 12.8.